The van der Waals surface area contributed by atoms with Crippen LogP contribution in [0, 0.1) is 0 Å². The Hall–Kier alpha value is -1.22. The average Bonchev–Trinajstić information content (AvgIpc) is 2.27. The first-order valence-electron chi connectivity index (χ1n) is 5.31. The number of anilines is 1. The maximum Gasteiger partial charge on any atom is 0.254 e. The predicted molar refractivity (Wildman–Crippen MR) is 68.3 cm³/mol. The summed E-state index contributed by atoms with van der Waals surface area (Å²) in [4.78, 5) is 13.3. The topological polar surface area (TPSA) is 32.3 Å². The molecule has 0 bridgehead atoms. The van der Waals surface area contributed by atoms with Gasteiger partial charge in [-0.05, 0) is 24.6 Å². The van der Waals surface area contributed by atoms with Crippen molar-refractivity contribution in [1.29, 1.82) is 0 Å². The van der Waals surface area contributed by atoms with E-state index in [9.17, 15) is 4.79 Å². The summed E-state index contributed by atoms with van der Waals surface area (Å²) in [7, 11) is 3.43. The van der Waals surface area contributed by atoms with E-state index in [-0.39, 0.29) is 5.91 Å². The van der Waals surface area contributed by atoms with Gasteiger partial charge in [0.25, 0.3) is 5.91 Å². The van der Waals surface area contributed by atoms with Crippen molar-refractivity contribution in [3.63, 3.8) is 0 Å². The molecule has 0 radical (unpaired) electrons. The smallest absolute Gasteiger partial charge is 0.254 e. The second-order valence-electron chi connectivity index (χ2n) is 3.82. The number of hydrogen-bond donors (Lipinski definition) is 1. The van der Waals surface area contributed by atoms with Crippen LogP contribution in [-0.4, -0.2) is 31.4 Å². The molecule has 0 fully saturated rings. The summed E-state index contributed by atoms with van der Waals surface area (Å²) < 4.78 is 0. The van der Waals surface area contributed by atoms with E-state index in [0.717, 1.165) is 18.7 Å². The van der Waals surface area contributed by atoms with Crippen LogP contribution in [0.1, 0.15) is 23.7 Å². The van der Waals surface area contributed by atoms with Gasteiger partial charge in [-0.3, -0.25) is 4.79 Å². The number of halogens is 1. The Labute approximate surface area is 101 Å². The van der Waals surface area contributed by atoms with E-state index in [2.05, 4.69) is 12.2 Å². The molecule has 1 aromatic carbocycles. The van der Waals surface area contributed by atoms with Crippen molar-refractivity contribution in [1.82, 2.24) is 4.90 Å². The molecule has 0 aromatic heterocycles. The maximum absolute atomic E-state index is 11.8. The minimum Gasteiger partial charge on any atom is -0.385 e. The van der Waals surface area contributed by atoms with Gasteiger partial charge in [0, 0.05) is 26.3 Å². The second-order valence-corrected chi connectivity index (χ2v) is 4.23. The summed E-state index contributed by atoms with van der Waals surface area (Å²) in [6.45, 7) is 2.98. The molecule has 1 aromatic rings. The normalized spacial score (nSPS) is 10.0. The van der Waals surface area contributed by atoms with Crippen LogP contribution in [0.4, 0.5) is 5.69 Å². The van der Waals surface area contributed by atoms with E-state index < -0.39 is 0 Å². The van der Waals surface area contributed by atoms with Crippen LogP contribution in [0.2, 0.25) is 5.02 Å². The summed E-state index contributed by atoms with van der Waals surface area (Å²) in [6.07, 6.45) is 1.04. The molecule has 0 saturated carbocycles. The molecule has 0 atom stereocenters. The van der Waals surface area contributed by atoms with Crippen LogP contribution in [0.25, 0.3) is 0 Å². The van der Waals surface area contributed by atoms with Crippen LogP contribution >= 0.6 is 11.6 Å². The Balaban J connectivity index is 2.94. The highest BCUT2D eigenvalue weighted by Crippen LogP contribution is 2.21. The Bertz CT molecular complexity index is 377. The molecule has 1 rings (SSSR count). The van der Waals surface area contributed by atoms with Crippen molar-refractivity contribution in [2.45, 2.75) is 13.3 Å². The molecule has 16 heavy (non-hydrogen) atoms. The molecule has 1 N–H and O–H groups in total. The monoisotopic (exact) mass is 240 g/mol. The zero-order valence-corrected chi connectivity index (χ0v) is 10.6. The molecule has 0 spiro atoms. The summed E-state index contributed by atoms with van der Waals surface area (Å²) in [5.41, 5.74) is 1.46. The molecule has 4 heteroatoms. The van der Waals surface area contributed by atoms with Crippen LogP contribution in [0.3, 0.4) is 0 Å². The predicted octanol–water partition coefficient (Wildman–Crippen LogP) is 2.86. The maximum atomic E-state index is 11.8. The van der Waals surface area contributed by atoms with Gasteiger partial charge in [-0.2, -0.15) is 0 Å². The number of nitrogens with one attached hydrogen (secondary N) is 1. The fourth-order valence-electron chi connectivity index (χ4n) is 1.31. The Morgan fingerprint density at radius 2 is 2.12 bits per heavy atom. The lowest BCUT2D eigenvalue weighted by Gasteiger charge is -2.13. The third kappa shape index (κ3) is 3.14. The van der Waals surface area contributed by atoms with Crippen molar-refractivity contribution in [2.75, 3.05) is 26.0 Å². The van der Waals surface area contributed by atoms with Gasteiger partial charge in [-0.25, -0.2) is 0 Å². The zero-order chi connectivity index (χ0) is 12.1. The van der Waals surface area contributed by atoms with E-state index >= 15 is 0 Å². The fourth-order valence-corrected chi connectivity index (χ4v) is 1.51. The SMILES string of the molecule is CCCNc1ccc(Cl)c(C(=O)N(C)C)c1. The summed E-state index contributed by atoms with van der Waals surface area (Å²) in [5.74, 6) is -0.0786. The van der Waals surface area contributed by atoms with E-state index in [1.807, 2.05) is 6.07 Å². The van der Waals surface area contributed by atoms with Crippen LogP contribution < -0.4 is 5.32 Å². The van der Waals surface area contributed by atoms with Gasteiger partial charge in [0.1, 0.15) is 0 Å². The zero-order valence-electron chi connectivity index (χ0n) is 9.88. The number of benzene rings is 1. The number of amides is 1. The van der Waals surface area contributed by atoms with Gasteiger partial charge in [0.15, 0.2) is 0 Å². The highest BCUT2D eigenvalue weighted by Gasteiger charge is 2.12. The van der Waals surface area contributed by atoms with Crippen LogP contribution in [0.5, 0.6) is 0 Å². The Morgan fingerprint density at radius 3 is 2.69 bits per heavy atom. The first-order valence-corrected chi connectivity index (χ1v) is 5.69. The van der Waals surface area contributed by atoms with Crippen molar-refractivity contribution in [2.24, 2.45) is 0 Å². The molecular weight excluding hydrogens is 224 g/mol. The average molecular weight is 241 g/mol. The first kappa shape index (κ1) is 12.8. The van der Waals surface area contributed by atoms with Crippen molar-refractivity contribution in [3.05, 3.63) is 28.8 Å². The number of carbonyl (C=O) groups excluding carboxylic acids is 1. The van der Waals surface area contributed by atoms with Gasteiger partial charge in [-0.1, -0.05) is 18.5 Å². The number of rotatable bonds is 4. The molecule has 0 aliphatic heterocycles. The number of hydrogen-bond acceptors (Lipinski definition) is 2. The lowest BCUT2D eigenvalue weighted by Crippen LogP contribution is -2.22. The molecule has 0 aliphatic rings. The standard InChI is InChI=1S/C12H17ClN2O/c1-4-7-14-9-5-6-11(13)10(8-9)12(16)15(2)3/h5-6,8,14H,4,7H2,1-3H3. The molecule has 88 valence electrons. The summed E-state index contributed by atoms with van der Waals surface area (Å²) in [6, 6.07) is 5.42. The van der Waals surface area contributed by atoms with Crippen molar-refractivity contribution < 1.29 is 4.79 Å². The molecular formula is C12H17ClN2O. The van der Waals surface area contributed by atoms with Crippen molar-refractivity contribution >= 4 is 23.2 Å². The second kappa shape index (κ2) is 5.75. The first-order chi connectivity index (χ1) is 7.56. The molecule has 0 unspecified atom stereocenters. The largest absolute Gasteiger partial charge is 0.385 e. The lowest BCUT2D eigenvalue weighted by atomic mass is 10.1. The van der Waals surface area contributed by atoms with E-state index in [1.165, 1.54) is 4.90 Å². The van der Waals surface area contributed by atoms with E-state index in [0.29, 0.717) is 10.6 Å². The molecule has 3 nitrogen and oxygen atoms in total. The van der Waals surface area contributed by atoms with Crippen LogP contribution in [0.15, 0.2) is 18.2 Å². The number of nitrogens with zero attached hydrogens (tertiary/aromatic N) is 1. The van der Waals surface area contributed by atoms with Gasteiger partial charge in [-0.15, -0.1) is 0 Å². The number of carbonyl (C=O) groups is 1. The quantitative estimate of drug-likeness (QED) is 0.878. The highest BCUT2D eigenvalue weighted by atomic mass is 35.5. The summed E-state index contributed by atoms with van der Waals surface area (Å²) >= 11 is 5.99. The van der Waals surface area contributed by atoms with Crippen LogP contribution in [-0.2, 0) is 0 Å². The van der Waals surface area contributed by atoms with E-state index in [4.69, 9.17) is 11.6 Å². The van der Waals surface area contributed by atoms with Crippen molar-refractivity contribution in [3.8, 4) is 0 Å². The third-order valence-electron chi connectivity index (χ3n) is 2.18. The van der Waals surface area contributed by atoms with Gasteiger partial charge >= 0.3 is 0 Å². The van der Waals surface area contributed by atoms with Gasteiger partial charge < -0.3 is 10.2 Å². The minimum absolute atomic E-state index is 0.0786. The van der Waals surface area contributed by atoms with E-state index in [1.54, 1.807) is 26.2 Å². The Kier molecular flexibility index (Phi) is 4.62. The Morgan fingerprint density at radius 1 is 1.44 bits per heavy atom. The molecule has 0 saturated heterocycles. The molecule has 0 aliphatic carbocycles. The van der Waals surface area contributed by atoms with Gasteiger partial charge in [0.2, 0.25) is 0 Å². The third-order valence-corrected chi connectivity index (χ3v) is 2.51. The lowest BCUT2D eigenvalue weighted by molar-refractivity contribution is 0.0828. The highest BCUT2D eigenvalue weighted by molar-refractivity contribution is 6.33. The van der Waals surface area contributed by atoms with Gasteiger partial charge in [0.05, 0.1) is 10.6 Å². The summed E-state index contributed by atoms with van der Waals surface area (Å²) in [5, 5.41) is 3.71. The molecule has 1 amide bonds. The molecule has 0 heterocycles. The minimum atomic E-state index is -0.0786. The fraction of sp³-hybridized carbons (Fsp3) is 0.417.